The molecule has 0 aliphatic carbocycles. The van der Waals surface area contributed by atoms with E-state index < -0.39 is 6.03 Å². The van der Waals surface area contributed by atoms with Crippen molar-refractivity contribution in [3.63, 3.8) is 0 Å². The second kappa shape index (κ2) is 2.02. The van der Waals surface area contributed by atoms with Crippen LogP contribution in [-0.4, -0.2) is 20.9 Å². The van der Waals surface area contributed by atoms with Gasteiger partial charge >= 0.3 is 6.03 Å². The van der Waals surface area contributed by atoms with Gasteiger partial charge in [-0.05, 0) is 6.92 Å². The van der Waals surface area contributed by atoms with E-state index in [1.165, 1.54) is 6.20 Å². The van der Waals surface area contributed by atoms with Gasteiger partial charge in [0.05, 0.1) is 6.20 Å². The molecule has 0 atom stereocenters. The molecule has 1 heterocycles. The third kappa shape index (κ3) is 0.812. The number of primary amides is 1. The van der Waals surface area contributed by atoms with Crippen LogP contribution in [0.4, 0.5) is 4.79 Å². The van der Waals surface area contributed by atoms with E-state index in [9.17, 15) is 4.79 Å². The summed E-state index contributed by atoms with van der Waals surface area (Å²) in [5.74, 6) is -0.201. The number of aryl methyl sites for hydroxylation is 1. The molecule has 0 saturated carbocycles. The fourth-order valence-corrected chi connectivity index (χ4v) is 0.585. The summed E-state index contributed by atoms with van der Waals surface area (Å²) in [5.41, 5.74) is 5.36. The summed E-state index contributed by atoms with van der Waals surface area (Å²) >= 11 is 0. The van der Waals surface area contributed by atoms with Crippen molar-refractivity contribution in [3.05, 3.63) is 11.8 Å². The van der Waals surface area contributed by atoms with Crippen LogP contribution in [0, 0.1) is 6.92 Å². The molecule has 1 rings (SSSR count). The lowest BCUT2D eigenvalue weighted by molar-refractivity contribution is 0.244. The molecule has 3 N–H and O–H groups in total. The molecule has 0 aliphatic heterocycles. The number of carbonyl (C=O) groups excluding carboxylic acids is 1. The highest BCUT2D eigenvalue weighted by atomic mass is 16.3. The standard InChI is InChI=1S/C5H7N3O2/c1-3-2-7-8(4(3)9)5(6)10/h2,9H,1H3,(H2,6,10). The van der Waals surface area contributed by atoms with Gasteiger partial charge in [-0.2, -0.15) is 5.10 Å². The number of rotatable bonds is 0. The van der Waals surface area contributed by atoms with E-state index in [0.29, 0.717) is 5.56 Å². The Balaban J connectivity index is 3.17. The third-order valence-corrected chi connectivity index (χ3v) is 1.13. The van der Waals surface area contributed by atoms with Crippen LogP contribution in [0.25, 0.3) is 0 Å². The fraction of sp³-hybridized carbons (Fsp3) is 0.200. The lowest BCUT2D eigenvalue weighted by Crippen LogP contribution is -2.20. The molecule has 1 amide bonds. The quantitative estimate of drug-likeness (QED) is 0.526. The highest BCUT2D eigenvalue weighted by molar-refractivity contribution is 5.75. The zero-order chi connectivity index (χ0) is 7.72. The highest BCUT2D eigenvalue weighted by Gasteiger charge is 2.07. The first-order valence-electron chi connectivity index (χ1n) is 2.66. The van der Waals surface area contributed by atoms with Crippen LogP contribution in [0.15, 0.2) is 6.20 Å². The van der Waals surface area contributed by atoms with Gasteiger partial charge in [0.15, 0.2) is 0 Å². The third-order valence-electron chi connectivity index (χ3n) is 1.13. The molecular weight excluding hydrogens is 134 g/mol. The average Bonchev–Trinajstić information content (AvgIpc) is 2.14. The molecule has 54 valence electrons. The largest absolute Gasteiger partial charge is 0.493 e. The number of hydrogen-bond donors (Lipinski definition) is 2. The van der Waals surface area contributed by atoms with Gasteiger partial charge in [-0.15, -0.1) is 4.68 Å². The molecule has 0 unspecified atom stereocenters. The van der Waals surface area contributed by atoms with Gasteiger partial charge in [0.2, 0.25) is 5.88 Å². The molecule has 5 nitrogen and oxygen atoms in total. The van der Waals surface area contributed by atoms with Crippen LogP contribution in [0.3, 0.4) is 0 Å². The molecule has 0 radical (unpaired) electrons. The Morgan fingerprint density at radius 3 is 2.70 bits per heavy atom. The molecule has 5 heteroatoms. The van der Waals surface area contributed by atoms with Gasteiger partial charge in [0, 0.05) is 5.56 Å². The zero-order valence-electron chi connectivity index (χ0n) is 5.40. The summed E-state index contributed by atoms with van der Waals surface area (Å²) in [5, 5.41) is 12.5. The van der Waals surface area contributed by atoms with Gasteiger partial charge in [-0.25, -0.2) is 4.79 Å². The topological polar surface area (TPSA) is 81.1 Å². The lowest BCUT2D eigenvalue weighted by atomic mass is 10.4. The number of amides is 1. The van der Waals surface area contributed by atoms with Crippen molar-refractivity contribution in [2.75, 3.05) is 0 Å². The van der Waals surface area contributed by atoms with Crippen LogP contribution < -0.4 is 5.73 Å². The number of aromatic hydroxyl groups is 1. The monoisotopic (exact) mass is 141 g/mol. The van der Waals surface area contributed by atoms with Crippen molar-refractivity contribution in [3.8, 4) is 5.88 Å². The fourth-order valence-electron chi connectivity index (χ4n) is 0.585. The molecule has 0 spiro atoms. The van der Waals surface area contributed by atoms with E-state index in [1.807, 2.05) is 0 Å². The molecule has 0 fully saturated rings. The van der Waals surface area contributed by atoms with Crippen LogP contribution >= 0.6 is 0 Å². The SMILES string of the molecule is Cc1cnn(C(N)=O)c1O. The first-order chi connectivity index (χ1) is 4.63. The smallest absolute Gasteiger partial charge is 0.342 e. The number of nitrogens with two attached hydrogens (primary N) is 1. The Kier molecular flexibility index (Phi) is 1.33. The second-order valence-electron chi connectivity index (χ2n) is 1.90. The predicted octanol–water partition coefficient (Wildman–Crippen LogP) is -0.176. The van der Waals surface area contributed by atoms with Crippen molar-refractivity contribution >= 4 is 6.03 Å². The lowest BCUT2D eigenvalue weighted by Gasteiger charge is -1.93. The molecular formula is C5H7N3O2. The normalized spacial score (nSPS) is 9.70. The van der Waals surface area contributed by atoms with Crippen LogP contribution in [-0.2, 0) is 0 Å². The van der Waals surface area contributed by atoms with E-state index in [1.54, 1.807) is 6.92 Å². The maximum atomic E-state index is 10.4. The highest BCUT2D eigenvalue weighted by Crippen LogP contribution is 2.12. The zero-order valence-corrected chi connectivity index (χ0v) is 5.40. The van der Waals surface area contributed by atoms with Crippen molar-refractivity contribution in [2.45, 2.75) is 6.92 Å². The maximum Gasteiger partial charge on any atom is 0.342 e. The van der Waals surface area contributed by atoms with Gasteiger partial charge < -0.3 is 10.8 Å². The number of nitrogens with zero attached hydrogens (tertiary/aromatic N) is 2. The van der Waals surface area contributed by atoms with E-state index in [4.69, 9.17) is 10.8 Å². The minimum atomic E-state index is -0.786. The minimum Gasteiger partial charge on any atom is -0.493 e. The van der Waals surface area contributed by atoms with Gasteiger partial charge in [-0.3, -0.25) is 0 Å². The molecule has 1 aromatic heterocycles. The van der Waals surface area contributed by atoms with E-state index in [-0.39, 0.29) is 5.88 Å². The first-order valence-corrected chi connectivity index (χ1v) is 2.66. The molecule has 0 saturated heterocycles. The van der Waals surface area contributed by atoms with E-state index in [0.717, 1.165) is 4.68 Å². The summed E-state index contributed by atoms with van der Waals surface area (Å²) < 4.78 is 0.731. The first kappa shape index (κ1) is 6.60. The Morgan fingerprint density at radius 1 is 1.90 bits per heavy atom. The molecule has 0 bridgehead atoms. The molecule has 10 heavy (non-hydrogen) atoms. The van der Waals surface area contributed by atoms with Crippen molar-refractivity contribution < 1.29 is 9.90 Å². The van der Waals surface area contributed by atoms with Crippen molar-refractivity contribution in [2.24, 2.45) is 5.73 Å². The molecule has 1 aromatic rings. The maximum absolute atomic E-state index is 10.4. The van der Waals surface area contributed by atoms with Crippen molar-refractivity contribution in [1.29, 1.82) is 0 Å². The van der Waals surface area contributed by atoms with Crippen LogP contribution in [0.1, 0.15) is 5.56 Å². The Hall–Kier alpha value is -1.52. The molecule has 0 aromatic carbocycles. The second-order valence-corrected chi connectivity index (χ2v) is 1.90. The number of hydrogen-bond acceptors (Lipinski definition) is 3. The summed E-state index contributed by atoms with van der Waals surface area (Å²) in [7, 11) is 0. The molecule has 0 aliphatic rings. The Bertz CT molecular complexity index is 266. The van der Waals surface area contributed by atoms with Gasteiger partial charge in [0.25, 0.3) is 0 Å². The van der Waals surface area contributed by atoms with E-state index >= 15 is 0 Å². The van der Waals surface area contributed by atoms with Crippen molar-refractivity contribution in [1.82, 2.24) is 9.78 Å². The number of carbonyl (C=O) groups is 1. The van der Waals surface area contributed by atoms with E-state index in [2.05, 4.69) is 5.10 Å². The van der Waals surface area contributed by atoms with Crippen LogP contribution in [0.5, 0.6) is 5.88 Å². The summed E-state index contributed by atoms with van der Waals surface area (Å²) in [6.45, 7) is 1.63. The summed E-state index contributed by atoms with van der Waals surface area (Å²) in [6, 6.07) is -0.786. The summed E-state index contributed by atoms with van der Waals surface area (Å²) in [4.78, 5) is 10.4. The van der Waals surface area contributed by atoms with Crippen LogP contribution in [0.2, 0.25) is 0 Å². The average molecular weight is 141 g/mol. The minimum absolute atomic E-state index is 0.201. The summed E-state index contributed by atoms with van der Waals surface area (Å²) in [6.07, 6.45) is 1.36. The Labute approximate surface area is 57.1 Å². The van der Waals surface area contributed by atoms with Gasteiger partial charge in [0.1, 0.15) is 0 Å². The predicted molar refractivity (Wildman–Crippen MR) is 33.6 cm³/mol. The van der Waals surface area contributed by atoms with Gasteiger partial charge in [-0.1, -0.05) is 0 Å². The Morgan fingerprint density at radius 2 is 2.50 bits per heavy atom. The number of aromatic nitrogens is 2.